The molecule has 0 spiro atoms. The number of esters is 1. The van der Waals surface area contributed by atoms with E-state index in [9.17, 15) is 9.59 Å². The molecule has 1 N–H and O–H groups in total. The van der Waals surface area contributed by atoms with Gasteiger partial charge in [-0.2, -0.15) is 0 Å². The average Bonchev–Trinajstić information content (AvgIpc) is 2.68. The number of thiophene rings is 1. The van der Waals surface area contributed by atoms with Crippen LogP contribution in [0.5, 0.6) is 0 Å². The number of hydrogen-bond donors (Lipinski definition) is 1. The molecule has 1 aromatic heterocycles. The molecule has 1 aromatic rings. The maximum absolute atomic E-state index is 11.0. The molecule has 0 fully saturated rings. The number of aliphatic carboxylic acids is 1. The first-order valence-corrected chi connectivity index (χ1v) is 5.08. The van der Waals surface area contributed by atoms with Crippen LogP contribution < -0.4 is 4.90 Å². The van der Waals surface area contributed by atoms with E-state index >= 15 is 0 Å². The summed E-state index contributed by atoms with van der Waals surface area (Å²) in [5.41, 5.74) is 0. The molecule has 1 heterocycles. The van der Waals surface area contributed by atoms with Crippen molar-refractivity contribution in [2.45, 2.75) is 0 Å². The highest BCUT2D eigenvalue weighted by molar-refractivity contribution is 7.14. The van der Waals surface area contributed by atoms with E-state index in [-0.39, 0.29) is 13.1 Å². The third-order valence-electron chi connectivity index (χ3n) is 1.69. The first kappa shape index (κ1) is 11.5. The first-order valence-electron chi connectivity index (χ1n) is 4.20. The summed E-state index contributed by atoms with van der Waals surface area (Å²) in [7, 11) is 1.27. The van der Waals surface area contributed by atoms with Crippen molar-refractivity contribution in [3.63, 3.8) is 0 Å². The lowest BCUT2D eigenvalue weighted by Crippen LogP contribution is -2.34. The van der Waals surface area contributed by atoms with Gasteiger partial charge in [0.15, 0.2) is 0 Å². The van der Waals surface area contributed by atoms with Crippen molar-refractivity contribution >= 4 is 28.3 Å². The Morgan fingerprint density at radius 1 is 1.53 bits per heavy atom. The van der Waals surface area contributed by atoms with Gasteiger partial charge in [0.25, 0.3) is 0 Å². The molecule has 0 radical (unpaired) electrons. The lowest BCUT2D eigenvalue weighted by molar-refractivity contribution is -0.139. The second kappa shape index (κ2) is 5.35. The number of anilines is 1. The van der Waals surface area contributed by atoms with E-state index in [1.165, 1.54) is 23.3 Å². The van der Waals surface area contributed by atoms with Gasteiger partial charge in [0.05, 0.1) is 12.1 Å². The normalized spacial score (nSPS) is 9.67. The molecule has 15 heavy (non-hydrogen) atoms. The summed E-state index contributed by atoms with van der Waals surface area (Å²) in [4.78, 5) is 23.1. The molecule has 0 unspecified atom stereocenters. The topological polar surface area (TPSA) is 66.8 Å². The molecule has 6 heteroatoms. The number of methoxy groups -OCH3 is 1. The highest BCUT2D eigenvalue weighted by atomic mass is 32.1. The molecule has 0 bridgehead atoms. The summed E-state index contributed by atoms with van der Waals surface area (Å²) in [6.45, 7) is -0.265. The van der Waals surface area contributed by atoms with Crippen molar-refractivity contribution in [3.05, 3.63) is 17.5 Å². The number of ether oxygens (including phenoxy) is 1. The predicted octanol–water partition coefficient (Wildman–Crippen LogP) is 0.812. The van der Waals surface area contributed by atoms with Crippen LogP contribution in [0.25, 0.3) is 0 Å². The van der Waals surface area contributed by atoms with Gasteiger partial charge in [0.2, 0.25) is 0 Å². The van der Waals surface area contributed by atoms with Crippen molar-refractivity contribution in [2.24, 2.45) is 0 Å². The van der Waals surface area contributed by atoms with Crippen molar-refractivity contribution in [1.82, 2.24) is 0 Å². The van der Waals surface area contributed by atoms with Crippen LogP contribution in [0.15, 0.2) is 17.5 Å². The van der Waals surface area contributed by atoms with Gasteiger partial charge in [-0.3, -0.25) is 9.59 Å². The molecule has 0 aliphatic rings. The van der Waals surface area contributed by atoms with E-state index in [0.29, 0.717) is 0 Å². The number of carbonyl (C=O) groups excluding carboxylic acids is 1. The molecule has 1 rings (SSSR count). The Kier molecular flexibility index (Phi) is 4.11. The summed E-state index contributed by atoms with van der Waals surface area (Å²) in [5, 5.41) is 11.2. The summed E-state index contributed by atoms with van der Waals surface area (Å²) >= 11 is 1.38. The van der Waals surface area contributed by atoms with Gasteiger partial charge in [-0.1, -0.05) is 0 Å². The zero-order valence-corrected chi connectivity index (χ0v) is 8.99. The number of carbonyl (C=O) groups is 2. The molecule has 82 valence electrons. The molecular formula is C9H11NO4S. The van der Waals surface area contributed by atoms with Gasteiger partial charge >= 0.3 is 11.9 Å². The Hall–Kier alpha value is -1.56. The van der Waals surface area contributed by atoms with E-state index in [4.69, 9.17) is 5.11 Å². The lowest BCUT2D eigenvalue weighted by atomic mass is 10.4. The van der Waals surface area contributed by atoms with Crippen molar-refractivity contribution in [2.75, 3.05) is 25.1 Å². The average molecular weight is 229 g/mol. The highest BCUT2D eigenvalue weighted by Gasteiger charge is 2.15. The van der Waals surface area contributed by atoms with Crippen molar-refractivity contribution < 1.29 is 19.4 Å². The van der Waals surface area contributed by atoms with Crippen LogP contribution in [0.3, 0.4) is 0 Å². The smallest absolute Gasteiger partial charge is 0.325 e. The third kappa shape index (κ3) is 3.59. The van der Waals surface area contributed by atoms with Crippen molar-refractivity contribution in [1.29, 1.82) is 0 Å². The maximum Gasteiger partial charge on any atom is 0.325 e. The van der Waals surface area contributed by atoms with E-state index in [1.807, 2.05) is 5.38 Å². The molecule has 0 saturated heterocycles. The summed E-state index contributed by atoms with van der Waals surface area (Å²) in [5.74, 6) is -1.43. The largest absolute Gasteiger partial charge is 0.480 e. The van der Waals surface area contributed by atoms with E-state index in [2.05, 4.69) is 4.74 Å². The summed E-state index contributed by atoms with van der Waals surface area (Å²) in [6, 6.07) is 3.56. The quantitative estimate of drug-likeness (QED) is 0.757. The van der Waals surface area contributed by atoms with Gasteiger partial charge < -0.3 is 14.7 Å². The van der Waals surface area contributed by atoms with E-state index < -0.39 is 11.9 Å². The predicted molar refractivity (Wildman–Crippen MR) is 56.2 cm³/mol. The van der Waals surface area contributed by atoms with Crippen LogP contribution in [0.4, 0.5) is 5.00 Å². The maximum atomic E-state index is 11.0. The number of rotatable bonds is 5. The van der Waals surface area contributed by atoms with Gasteiger partial charge in [0, 0.05) is 0 Å². The van der Waals surface area contributed by atoms with E-state index in [1.54, 1.807) is 12.1 Å². The number of nitrogens with zero attached hydrogens (tertiary/aromatic N) is 1. The fraction of sp³-hybridized carbons (Fsp3) is 0.333. The Labute approximate surface area is 90.9 Å². The number of hydrogen-bond acceptors (Lipinski definition) is 5. The lowest BCUT2D eigenvalue weighted by Gasteiger charge is -2.18. The molecule has 5 nitrogen and oxygen atoms in total. The standard InChI is InChI=1S/C9H11NO4S/c1-14-9(13)6-10(5-8(11)12)7-3-2-4-15-7/h2-4H,5-6H2,1H3,(H,11,12). The molecule has 0 atom stereocenters. The van der Waals surface area contributed by atoms with Crippen molar-refractivity contribution in [3.8, 4) is 0 Å². The second-order valence-electron chi connectivity index (χ2n) is 2.78. The van der Waals surface area contributed by atoms with Crippen LogP contribution in [0.2, 0.25) is 0 Å². The fourth-order valence-corrected chi connectivity index (χ4v) is 1.78. The SMILES string of the molecule is COC(=O)CN(CC(=O)O)c1cccs1. The second-order valence-corrected chi connectivity index (χ2v) is 3.70. The highest BCUT2D eigenvalue weighted by Crippen LogP contribution is 2.20. The van der Waals surface area contributed by atoms with Crippen LogP contribution in [-0.4, -0.2) is 37.2 Å². The monoisotopic (exact) mass is 229 g/mol. The Morgan fingerprint density at radius 3 is 2.73 bits per heavy atom. The molecular weight excluding hydrogens is 218 g/mol. The number of carboxylic acids is 1. The van der Waals surface area contributed by atoms with Gasteiger partial charge in [0.1, 0.15) is 13.1 Å². The van der Waals surface area contributed by atoms with Crippen LogP contribution in [-0.2, 0) is 14.3 Å². The minimum absolute atomic E-state index is 0.0523. The van der Waals surface area contributed by atoms with Gasteiger partial charge in [-0.15, -0.1) is 11.3 Å². The van der Waals surface area contributed by atoms with Gasteiger partial charge in [-0.25, -0.2) is 0 Å². The summed E-state index contributed by atoms with van der Waals surface area (Å²) in [6.07, 6.45) is 0. The van der Waals surface area contributed by atoms with Crippen LogP contribution in [0, 0.1) is 0 Å². The van der Waals surface area contributed by atoms with Crippen LogP contribution >= 0.6 is 11.3 Å². The Balaban J connectivity index is 2.70. The molecule has 0 amide bonds. The van der Waals surface area contributed by atoms with Crippen LogP contribution in [0.1, 0.15) is 0 Å². The van der Waals surface area contributed by atoms with Gasteiger partial charge in [-0.05, 0) is 17.5 Å². The zero-order valence-electron chi connectivity index (χ0n) is 8.17. The third-order valence-corrected chi connectivity index (χ3v) is 2.62. The molecule has 0 aromatic carbocycles. The molecule has 0 aliphatic carbocycles. The summed E-state index contributed by atoms with van der Waals surface area (Å²) < 4.78 is 4.49. The zero-order chi connectivity index (χ0) is 11.3. The van der Waals surface area contributed by atoms with E-state index in [0.717, 1.165) is 5.00 Å². The number of carboxylic acid groups (broad SMARTS) is 1. The Bertz CT molecular complexity index is 336. The minimum atomic E-state index is -0.979. The molecule has 0 saturated carbocycles. The molecule has 0 aliphatic heterocycles. The Morgan fingerprint density at radius 2 is 2.27 bits per heavy atom. The fourth-order valence-electron chi connectivity index (χ4n) is 1.05. The first-order chi connectivity index (χ1) is 7.13. The minimum Gasteiger partial charge on any atom is -0.480 e.